The lowest BCUT2D eigenvalue weighted by atomic mass is 12.0. The molecule has 0 saturated carbocycles. The molecule has 0 unspecified atom stereocenters. The van der Waals surface area contributed by atoms with E-state index in [2.05, 4.69) is 0 Å². The minimum absolute atomic E-state index is 0. The van der Waals surface area contributed by atoms with E-state index in [0.29, 0.717) is 0 Å². The van der Waals surface area contributed by atoms with E-state index in [4.69, 9.17) is 0 Å². The van der Waals surface area contributed by atoms with Crippen molar-refractivity contribution in [2.24, 2.45) is 0 Å². The minimum atomic E-state index is 0. The third-order valence-electron chi connectivity index (χ3n) is 0. The van der Waals surface area contributed by atoms with E-state index in [1.807, 2.05) is 0 Å². The van der Waals surface area contributed by atoms with Crippen LogP contribution in [-0.2, 0) is 0 Å². The van der Waals surface area contributed by atoms with Crippen LogP contribution in [0.5, 0.6) is 0 Å². The summed E-state index contributed by atoms with van der Waals surface area (Å²) in [6.45, 7) is 0. The van der Waals surface area contributed by atoms with Crippen molar-refractivity contribution in [2.45, 2.75) is 0 Å². The Morgan fingerprint density at radius 2 is 1.00 bits per heavy atom. The van der Waals surface area contributed by atoms with Crippen molar-refractivity contribution in [3.63, 3.8) is 0 Å². The topological polar surface area (TPSA) is 31.5 Å². The van der Waals surface area contributed by atoms with Gasteiger partial charge in [0.15, 0.2) is 0 Å². The van der Waals surface area contributed by atoms with E-state index in [1.165, 1.54) is 0 Å². The molecule has 0 aliphatic carbocycles. The Kier molecular flexibility index (Phi) is 430. The second-order valence-electron chi connectivity index (χ2n) is 0. The first-order chi connectivity index (χ1) is 0. The summed E-state index contributed by atoms with van der Waals surface area (Å²) in [6, 6.07) is 0. The molecule has 9 radical (unpaired) electrons. The first-order valence-electron chi connectivity index (χ1n) is 0. The summed E-state index contributed by atoms with van der Waals surface area (Å²) in [5.41, 5.74) is 0. The molecule has 0 saturated heterocycles. The number of hydrogen-bond acceptors (Lipinski definition) is 0. The quantitative estimate of drug-likeness (QED) is 0.318. The highest BCUT2D eigenvalue weighted by molar-refractivity contribution is 5.76. The van der Waals surface area contributed by atoms with Crippen molar-refractivity contribution in [3.05, 3.63) is 7.43 Å². The molecule has 0 fully saturated rings. The van der Waals surface area contributed by atoms with Gasteiger partial charge in [0.1, 0.15) is 0 Å². The molecule has 0 aromatic carbocycles. The zero-order chi connectivity index (χ0) is 0. The molecule has 0 bridgehead atoms. The van der Waals surface area contributed by atoms with E-state index in [9.17, 15) is 0 Å². The summed E-state index contributed by atoms with van der Waals surface area (Å²) in [7, 11) is 0. The molecule has 0 atom stereocenters. The smallest absolute Gasteiger partial charge is 0 e. The minimum Gasteiger partial charge on any atom is -0.412 e. The van der Waals surface area contributed by atoms with Crippen molar-refractivity contribution < 1.29 is 5.48 Å². The summed E-state index contributed by atoms with van der Waals surface area (Å²) in [6.07, 6.45) is 0. The second kappa shape index (κ2) is 28.5. The monoisotopic (exact) mass is 81.0 g/mol. The fraction of sp³-hybridized carbons (Fsp3) is 0. The van der Waals surface area contributed by atoms with Gasteiger partial charge in [-0.3, -0.25) is 0 Å². The zero-order valence-corrected chi connectivity index (χ0v) is 4.85. The highest BCUT2D eigenvalue weighted by Crippen LogP contribution is 0.0813. The van der Waals surface area contributed by atoms with Crippen LogP contribution in [0.1, 0.15) is 0 Å². The molecule has 4 heavy (non-hydrogen) atoms. The fourth-order valence-corrected chi connectivity index (χ4v) is 0. The Balaban J connectivity index is 0. The van der Waals surface area contributed by atoms with Crippen LogP contribution in [0.15, 0.2) is 0 Å². The van der Waals surface area contributed by atoms with Crippen molar-refractivity contribution >= 4 is 40.4 Å². The average Bonchev–Trinajstić information content (AvgIpc) is 0. The van der Waals surface area contributed by atoms with E-state index in [1.54, 1.807) is 0 Å². The molecule has 0 aliphatic rings. The zero-order valence-electron chi connectivity index (χ0n) is 2.28. The molecule has 0 aromatic rings. The summed E-state index contributed by atoms with van der Waals surface area (Å²) in [5.74, 6) is 0. The number of rotatable bonds is 0. The van der Waals surface area contributed by atoms with E-state index < -0.39 is 0 Å². The molecule has 17 valence electrons. The summed E-state index contributed by atoms with van der Waals surface area (Å²) in [5, 5.41) is 0. The van der Waals surface area contributed by atoms with Crippen LogP contribution < -0.4 is 0 Å². The van der Waals surface area contributed by atoms with Gasteiger partial charge in [0, 0.05) is 47.8 Å². The predicted octanol–water partition coefficient (Wildman–Crippen LogP) is -1.51. The molecule has 0 aliphatic heterocycles. The third-order valence-corrected chi connectivity index (χ3v) is 0. The molecule has 0 aromatic heterocycles. The van der Waals surface area contributed by atoms with Crippen molar-refractivity contribution in [1.82, 2.24) is 0 Å². The molecule has 2 N–H and O–H groups in total. The van der Waals surface area contributed by atoms with Crippen molar-refractivity contribution in [1.29, 1.82) is 0 Å². The number of hydrogen-bond donors (Lipinski definition) is 0. The van der Waals surface area contributed by atoms with Gasteiger partial charge in [-0.25, -0.2) is 0 Å². The fourth-order valence-electron chi connectivity index (χ4n) is 0. The van der Waals surface area contributed by atoms with Gasteiger partial charge in [-0.05, 0) is 0 Å². The Hall–Kier alpha value is 1.26. The van der Waals surface area contributed by atoms with Crippen LogP contribution in [0.2, 0.25) is 0 Å². The molecule has 0 amide bonds. The van der Waals surface area contributed by atoms with Crippen LogP contribution in [-0.4, -0.2) is 45.9 Å². The summed E-state index contributed by atoms with van der Waals surface area (Å²) >= 11 is 0. The Morgan fingerprint density at radius 3 is 1.00 bits per heavy atom. The van der Waals surface area contributed by atoms with Gasteiger partial charge in [0.05, 0.1) is 0 Å². The largest absolute Gasteiger partial charge is 0.412 e. The average molecular weight is 81.3 g/mol. The van der Waals surface area contributed by atoms with Gasteiger partial charge in [0.25, 0.3) is 0 Å². The molecule has 0 heterocycles. The normalized spacial score (nSPS) is 0. The lowest BCUT2D eigenvalue weighted by Crippen LogP contribution is -0.382. The summed E-state index contributed by atoms with van der Waals surface area (Å²) < 4.78 is 0. The maximum absolute atomic E-state index is 0. The molecule has 0 spiro atoms. The standard InChI is InChI=1S/C.Al.Mg.H2O/h;;;1H2. The maximum Gasteiger partial charge on any atom is 0 e. The van der Waals surface area contributed by atoms with Gasteiger partial charge >= 0.3 is 0 Å². The van der Waals surface area contributed by atoms with Gasteiger partial charge < -0.3 is 5.48 Å². The van der Waals surface area contributed by atoms with Gasteiger partial charge in [-0.15, -0.1) is 0 Å². The SMILES string of the molecule is O.[Al].[C].[Mg]. The van der Waals surface area contributed by atoms with Crippen LogP contribution in [0, 0.1) is 7.43 Å². The van der Waals surface area contributed by atoms with Gasteiger partial charge in [-0.1, -0.05) is 0 Å². The third kappa shape index (κ3) is 10.5. The maximum atomic E-state index is 0. The predicted molar refractivity (Wildman–Crippen MR) is 18.4 cm³/mol. The summed E-state index contributed by atoms with van der Waals surface area (Å²) in [4.78, 5) is 0. The lowest BCUT2D eigenvalue weighted by Gasteiger charge is -0.412. The van der Waals surface area contributed by atoms with Gasteiger partial charge in [0.2, 0.25) is 0 Å². The molecule has 3 heteroatoms. The first kappa shape index (κ1) is 60.2. The highest BCUT2D eigenvalue weighted by atomic mass is 27.0. The van der Waals surface area contributed by atoms with Crippen LogP contribution in [0.4, 0.5) is 0 Å². The van der Waals surface area contributed by atoms with E-state index in [-0.39, 0.29) is 53.3 Å². The van der Waals surface area contributed by atoms with Crippen molar-refractivity contribution in [2.75, 3.05) is 0 Å². The van der Waals surface area contributed by atoms with Gasteiger partial charge in [-0.2, -0.15) is 0 Å². The van der Waals surface area contributed by atoms with Crippen LogP contribution in [0.3, 0.4) is 0 Å². The Morgan fingerprint density at radius 1 is 1.00 bits per heavy atom. The Labute approximate surface area is 53.4 Å². The van der Waals surface area contributed by atoms with E-state index in [0.717, 1.165) is 0 Å². The lowest BCUT2D eigenvalue weighted by molar-refractivity contribution is 0.824. The molecular formula is CH2AlMgO. The molecular weight excluding hydrogens is 79.3 g/mol. The second-order valence-corrected chi connectivity index (χ2v) is 0. The first-order valence-corrected chi connectivity index (χ1v) is 0. The molecule has 1 nitrogen and oxygen atoms in total. The van der Waals surface area contributed by atoms with E-state index >= 15 is 0 Å². The Bertz CT molecular complexity index is 8.00. The van der Waals surface area contributed by atoms with Crippen LogP contribution >= 0.6 is 0 Å². The molecule has 0 rings (SSSR count). The highest BCUT2D eigenvalue weighted by Gasteiger charge is 0.00201. The van der Waals surface area contributed by atoms with Crippen LogP contribution in [0.25, 0.3) is 0 Å². The van der Waals surface area contributed by atoms with Crippen molar-refractivity contribution in [3.8, 4) is 0 Å².